The first-order chi connectivity index (χ1) is 13.8. The Kier molecular flexibility index (Phi) is 8.52. The Morgan fingerprint density at radius 3 is 2.17 bits per heavy atom. The third-order valence-corrected chi connectivity index (χ3v) is 5.20. The van der Waals surface area contributed by atoms with Gasteiger partial charge in [0.1, 0.15) is 11.8 Å². The molecule has 0 radical (unpaired) electrons. The van der Waals surface area contributed by atoms with Gasteiger partial charge in [-0.25, -0.2) is 0 Å². The number of nitrogens with one attached hydrogen (secondary N) is 1. The highest BCUT2D eigenvalue weighted by atomic mass is 35.5. The van der Waals surface area contributed by atoms with Crippen molar-refractivity contribution in [2.45, 2.75) is 52.2 Å². The molecule has 0 fully saturated rings. The topological polar surface area (TPSA) is 58.6 Å². The minimum absolute atomic E-state index is 0.0547. The molecule has 0 spiro atoms. The van der Waals surface area contributed by atoms with Gasteiger partial charge in [-0.3, -0.25) is 9.59 Å². The highest BCUT2D eigenvalue weighted by Gasteiger charge is 2.26. The molecular formula is C23H29ClN2O3. The quantitative estimate of drug-likeness (QED) is 0.665. The number of carbonyl (C=O) groups excluding carboxylic acids is 2. The van der Waals surface area contributed by atoms with Gasteiger partial charge >= 0.3 is 0 Å². The van der Waals surface area contributed by atoms with Gasteiger partial charge in [-0.05, 0) is 55.7 Å². The fraction of sp³-hybridized carbons (Fsp3) is 0.391. The number of hydrogen-bond donors (Lipinski definition) is 1. The van der Waals surface area contributed by atoms with Crippen molar-refractivity contribution in [3.05, 3.63) is 64.7 Å². The number of methoxy groups -OCH3 is 1. The van der Waals surface area contributed by atoms with E-state index < -0.39 is 6.04 Å². The van der Waals surface area contributed by atoms with E-state index in [2.05, 4.69) is 5.32 Å². The van der Waals surface area contributed by atoms with Crippen LogP contribution in [0.1, 0.15) is 38.3 Å². The van der Waals surface area contributed by atoms with Crippen molar-refractivity contribution in [1.29, 1.82) is 0 Å². The van der Waals surface area contributed by atoms with Crippen molar-refractivity contribution < 1.29 is 14.3 Å². The number of rotatable bonds is 9. The minimum atomic E-state index is -0.592. The molecule has 0 aromatic heterocycles. The fourth-order valence-corrected chi connectivity index (χ4v) is 2.98. The summed E-state index contributed by atoms with van der Waals surface area (Å²) in [6.07, 6.45) is 1.04. The first-order valence-corrected chi connectivity index (χ1v) is 10.2. The molecule has 2 atom stereocenters. The van der Waals surface area contributed by atoms with Gasteiger partial charge in [-0.15, -0.1) is 0 Å². The molecule has 0 saturated heterocycles. The third kappa shape index (κ3) is 6.79. The molecule has 0 aliphatic rings. The number of carbonyl (C=O) groups is 2. The van der Waals surface area contributed by atoms with Crippen LogP contribution in [0.2, 0.25) is 5.02 Å². The monoisotopic (exact) mass is 416 g/mol. The lowest BCUT2D eigenvalue weighted by atomic mass is 10.1. The van der Waals surface area contributed by atoms with Gasteiger partial charge in [0, 0.05) is 17.6 Å². The standard InChI is InChI=1S/C23H29ClN2O3/c1-5-16(2)25-23(28)17(3)26(15-19-6-10-20(24)11-7-19)22(27)14-18-8-12-21(29-4)13-9-18/h6-13,16-17H,5,14-15H2,1-4H3,(H,25,28)/t16-,17-/m1/s1. The summed E-state index contributed by atoms with van der Waals surface area (Å²) in [7, 11) is 1.60. The van der Waals surface area contributed by atoms with E-state index in [1.165, 1.54) is 0 Å². The molecule has 29 heavy (non-hydrogen) atoms. The summed E-state index contributed by atoms with van der Waals surface area (Å²) < 4.78 is 5.17. The molecule has 0 saturated carbocycles. The zero-order chi connectivity index (χ0) is 21.4. The molecule has 2 aromatic carbocycles. The van der Waals surface area contributed by atoms with Crippen LogP contribution in [-0.2, 0) is 22.6 Å². The fourth-order valence-electron chi connectivity index (χ4n) is 2.85. The van der Waals surface area contributed by atoms with Gasteiger partial charge in [-0.1, -0.05) is 42.8 Å². The van der Waals surface area contributed by atoms with E-state index in [1.54, 1.807) is 31.1 Å². The summed E-state index contributed by atoms with van der Waals surface area (Å²) in [6.45, 7) is 6.06. The van der Waals surface area contributed by atoms with Gasteiger partial charge in [-0.2, -0.15) is 0 Å². The highest BCUT2D eigenvalue weighted by Crippen LogP contribution is 2.17. The molecule has 1 N–H and O–H groups in total. The van der Waals surface area contributed by atoms with Gasteiger partial charge in [0.05, 0.1) is 13.5 Å². The van der Waals surface area contributed by atoms with E-state index in [0.717, 1.165) is 23.3 Å². The number of benzene rings is 2. The lowest BCUT2D eigenvalue weighted by Gasteiger charge is -2.30. The predicted molar refractivity (Wildman–Crippen MR) is 116 cm³/mol. The molecule has 0 aliphatic carbocycles. The van der Waals surface area contributed by atoms with E-state index in [-0.39, 0.29) is 24.3 Å². The summed E-state index contributed by atoms with van der Waals surface area (Å²) >= 11 is 5.97. The van der Waals surface area contributed by atoms with Gasteiger partial charge in [0.2, 0.25) is 11.8 Å². The number of amides is 2. The van der Waals surface area contributed by atoms with Crippen LogP contribution in [0.25, 0.3) is 0 Å². The Morgan fingerprint density at radius 1 is 1.03 bits per heavy atom. The van der Waals surface area contributed by atoms with E-state index in [4.69, 9.17) is 16.3 Å². The molecular weight excluding hydrogens is 388 g/mol. The largest absolute Gasteiger partial charge is 0.497 e. The van der Waals surface area contributed by atoms with E-state index in [9.17, 15) is 9.59 Å². The van der Waals surface area contributed by atoms with Crippen LogP contribution < -0.4 is 10.1 Å². The van der Waals surface area contributed by atoms with Crippen LogP contribution in [0.3, 0.4) is 0 Å². The van der Waals surface area contributed by atoms with Crippen molar-refractivity contribution in [1.82, 2.24) is 10.2 Å². The van der Waals surface area contributed by atoms with E-state index >= 15 is 0 Å². The summed E-state index contributed by atoms with van der Waals surface area (Å²) in [4.78, 5) is 27.4. The average molecular weight is 417 g/mol. The first-order valence-electron chi connectivity index (χ1n) is 9.81. The van der Waals surface area contributed by atoms with Crippen LogP contribution in [0.4, 0.5) is 0 Å². The molecule has 0 heterocycles. The lowest BCUT2D eigenvalue weighted by Crippen LogP contribution is -2.49. The smallest absolute Gasteiger partial charge is 0.242 e. The Morgan fingerprint density at radius 2 is 1.62 bits per heavy atom. The molecule has 0 aliphatic heterocycles. The van der Waals surface area contributed by atoms with E-state index in [0.29, 0.717) is 11.6 Å². The number of nitrogens with zero attached hydrogens (tertiary/aromatic N) is 1. The molecule has 2 aromatic rings. The molecule has 2 amide bonds. The van der Waals surface area contributed by atoms with Crippen LogP contribution >= 0.6 is 11.6 Å². The van der Waals surface area contributed by atoms with Gasteiger partial charge < -0.3 is 15.0 Å². The maximum atomic E-state index is 13.1. The Bertz CT molecular complexity index is 806. The molecule has 6 heteroatoms. The second-order valence-corrected chi connectivity index (χ2v) is 7.60. The molecule has 2 rings (SSSR count). The van der Waals surface area contributed by atoms with Crippen LogP contribution in [0.5, 0.6) is 5.75 Å². The normalized spacial score (nSPS) is 12.7. The first kappa shape index (κ1) is 22.8. The van der Waals surface area contributed by atoms with Crippen molar-refractivity contribution >= 4 is 23.4 Å². The second kappa shape index (κ2) is 10.9. The zero-order valence-electron chi connectivity index (χ0n) is 17.4. The zero-order valence-corrected chi connectivity index (χ0v) is 18.2. The second-order valence-electron chi connectivity index (χ2n) is 7.17. The molecule has 156 valence electrons. The van der Waals surface area contributed by atoms with Crippen molar-refractivity contribution in [3.8, 4) is 5.75 Å². The van der Waals surface area contributed by atoms with Crippen LogP contribution in [0.15, 0.2) is 48.5 Å². The van der Waals surface area contributed by atoms with Crippen LogP contribution in [0, 0.1) is 0 Å². The Balaban J connectivity index is 2.20. The lowest BCUT2D eigenvalue weighted by molar-refractivity contribution is -0.140. The van der Waals surface area contributed by atoms with Crippen LogP contribution in [-0.4, -0.2) is 35.9 Å². The van der Waals surface area contributed by atoms with Crippen molar-refractivity contribution in [2.24, 2.45) is 0 Å². The third-order valence-electron chi connectivity index (χ3n) is 4.95. The number of hydrogen-bond acceptors (Lipinski definition) is 3. The molecule has 0 unspecified atom stereocenters. The summed E-state index contributed by atoms with van der Waals surface area (Å²) in [6, 6.07) is 14.1. The maximum Gasteiger partial charge on any atom is 0.242 e. The SMILES string of the molecule is CC[C@@H](C)NC(=O)[C@@H](C)N(Cc1ccc(Cl)cc1)C(=O)Cc1ccc(OC)cc1. The minimum Gasteiger partial charge on any atom is -0.497 e. The summed E-state index contributed by atoms with van der Waals surface area (Å²) in [5, 5.41) is 3.60. The summed E-state index contributed by atoms with van der Waals surface area (Å²) in [5.41, 5.74) is 1.78. The van der Waals surface area contributed by atoms with Crippen molar-refractivity contribution in [2.75, 3.05) is 7.11 Å². The Labute approximate surface area is 178 Å². The molecule has 0 bridgehead atoms. The number of ether oxygens (including phenoxy) is 1. The molecule has 5 nitrogen and oxygen atoms in total. The van der Waals surface area contributed by atoms with E-state index in [1.807, 2.05) is 50.2 Å². The van der Waals surface area contributed by atoms with Gasteiger partial charge in [0.15, 0.2) is 0 Å². The van der Waals surface area contributed by atoms with Gasteiger partial charge in [0.25, 0.3) is 0 Å². The van der Waals surface area contributed by atoms with Crippen molar-refractivity contribution in [3.63, 3.8) is 0 Å². The Hall–Kier alpha value is -2.53. The maximum absolute atomic E-state index is 13.1. The predicted octanol–water partition coefficient (Wildman–Crippen LogP) is 4.22. The highest BCUT2D eigenvalue weighted by molar-refractivity contribution is 6.30. The summed E-state index contributed by atoms with van der Waals surface area (Å²) in [5.74, 6) is 0.467. The number of halogens is 1. The average Bonchev–Trinajstić information content (AvgIpc) is 2.73.